The molecule has 1 fully saturated rings. The number of benzene rings is 2. The van der Waals surface area contributed by atoms with Gasteiger partial charge in [-0.2, -0.15) is 0 Å². The molecular weight excluding hydrogens is 388 g/mol. The van der Waals surface area contributed by atoms with E-state index in [1.165, 1.54) is 24.8 Å². The number of nitrogens with zero attached hydrogens (tertiary/aromatic N) is 1. The van der Waals surface area contributed by atoms with Crippen LogP contribution in [0, 0.1) is 0 Å². The van der Waals surface area contributed by atoms with Crippen LogP contribution in [-0.2, 0) is 10.0 Å². The van der Waals surface area contributed by atoms with Crippen LogP contribution in [0.15, 0.2) is 53.4 Å². The Balaban J connectivity index is 1.57. The first-order valence-electron chi connectivity index (χ1n) is 9.86. The van der Waals surface area contributed by atoms with Crippen LogP contribution in [0.4, 0.5) is 0 Å². The summed E-state index contributed by atoms with van der Waals surface area (Å²) in [6.07, 6.45) is 1.18. The van der Waals surface area contributed by atoms with E-state index in [9.17, 15) is 13.2 Å². The average Bonchev–Trinajstić information content (AvgIpc) is 2.73. The van der Waals surface area contributed by atoms with Gasteiger partial charge in [0.1, 0.15) is 5.75 Å². The smallest absolute Gasteiger partial charge is 0.253 e. The number of hydrogen-bond acceptors (Lipinski definition) is 4. The highest BCUT2D eigenvalue weighted by Crippen LogP contribution is 2.20. The lowest BCUT2D eigenvalue weighted by atomic mass is 10.0. The van der Waals surface area contributed by atoms with E-state index in [4.69, 9.17) is 4.74 Å². The fraction of sp³-hybridized carbons (Fsp3) is 0.409. The molecule has 6 nitrogen and oxygen atoms in total. The number of sulfonamides is 1. The Bertz CT molecular complexity index is 930. The van der Waals surface area contributed by atoms with Crippen molar-refractivity contribution >= 4 is 15.9 Å². The van der Waals surface area contributed by atoms with E-state index in [2.05, 4.69) is 18.6 Å². The Morgan fingerprint density at radius 1 is 1.03 bits per heavy atom. The van der Waals surface area contributed by atoms with Crippen LogP contribution in [0.5, 0.6) is 5.75 Å². The van der Waals surface area contributed by atoms with Crippen molar-refractivity contribution in [2.45, 2.75) is 43.5 Å². The van der Waals surface area contributed by atoms with Gasteiger partial charge in [0.05, 0.1) is 12.0 Å². The number of carbonyl (C=O) groups excluding carboxylic acids is 1. The first-order valence-corrected chi connectivity index (χ1v) is 11.3. The molecule has 1 N–H and O–H groups in total. The minimum Gasteiger partial charge on any atom is -0.497 e. The molecule has 1 aliphatic rings. The summed E-state index contributed by atoms with van der Waals surface area (Å²) in [4.78, 5) is 14.7. The molecule has 0 atom stereocenters. The van der Waals surface area contributed by atoms with Crippen molar-refractivity contribution in [2.75, 3.05) is 20.2 Å². The van der Waals surface area contributed by atoms with Crippen molar-refractivity contribution in [2.24, 2.45) is 0 Å². The van der Waals surface area contributed by atoms with Gasteiger partial charge in [-0.25, -0.2) is 13.1 Å². The minimum atomic E-state index is -3.60. The van der Waals surface area contributed by atoms with E-state index >= 15 is 0 Å². The summed E-state index contributed by atoms with van der Waals surface area (Å²) in [5, 5.41) is 0. The van der Waals surface area contributed by atoms with Gasteiger partial charge in [-0.3, -0.25) is 4.79 Å². The summed E-state index contributed by atoms with van der Waals surface area (Å²) in [6, 6.07) is 13.9. The number of nitrogens with one attached hydrogen (secondary N) is 1. The number of amides is 1. The van der Waals surface area contributed by atoms with Crippen LogP contribution >= 0.6 is 0 Å². The zero-order chi connectivity index (χ0) is 21.0. The maximum absolute atomic E-state index is 12.7. The molecular formula is C22H28N2O4S. The molecule has 29 heavy (non-hydrogen) atoms. The molecule has 0 aromatic heterocycles. The van der Waals surface area contributed by atoms with Gasteiger partial charge in [-0.1, -0.05) is 26.0 Å². The van der Waals surface area contributed by atoms with Crippen molar-refractivity contribution in [3.63, 3.8) is 0 Å². The standard InChI is InChI=1S/C22H28N2O4S/c1-16(2)17-4-6-18(7-5-17)22(25)24-14-12-19(13-15-24)23-29(26,27)21-10-8-20(28-3)9-11-21/h4-11,16,19,23H,12-15H2,1-3H3. The minimum absolute atomic E-state index is 0.00299. The Morgan fingerprint density at radius 3 is 2.14 bits per heavy atom. The zero-order valence-corrected chi connectivity index (χ0v) is 17.9. The van der Waals surface area contributed by atoms with Gasteiger partial charge in [0.25, 0.3) is 5.91 Å². The van der Waals surface area contributed by atoms with Gasteiger partial charge >= 0.3 is 0 Å². The molecule has 1 amide bonds. The molecule has 2 aromatic rings. The molecule has 0 saturated carbocycles. The van der Waals surface area contributed by atoms with Gasteiger partial charge < -0.3 is 9.64 Å². The van der Waals surface area contributed by atoms with Gasteiger partial charge in [0.2, 0.25) is 10.0 Å². The van der Waals surface area contributed by atoms with Crippen molar-refractivity contribution in [3.05, 3.63) is 59.7 Å². The summed E-state index contributed by atoms with van der Waals surface area (Å²) in [5.74, 6) is 1.03. The SMILES string of the molecule is COc1ccc(S(=O)(=O)NC2CCN(C(=O)c3ccc(C(C)C)cc3)CC2)cc1. The molecule has 0 unspecified atom stereocenters. The third-order valence-corrected chi connectivity index (χ3v) is 6.83. The summed E-state index contributed by atoms with van der Waals surface area (Å²) < 4.78 is 33.0. The van der Waals surface area contributed by atoms with Gasteiger partial charge in [0, 0.05) is 24.7 Å². The molecule has 1 saturated heterocycles. The molecule has 2 aromatic carbocycles. The van der Waals surface area contributed by atoms with Crippen molar-refractivity contribution < 1.29 is 17.9 Å². The quantitative estimate of drug-likeness (QED) is 0.783. The lowest BCUT2D eigenvalue weighted by Gasteiger charge is -2.32. The monoisotopic (exact) mass is 416 g/mol. The van der Waals surface area contributed by atoms with E-state index in [0.29, 0.717) is 43.2 Å². The van der Waals surface area contributed by atoms with Crippen LogP contribution < -0.4 is 9.46 Å². The highest BCUT2D eigenvalue weighted by molar-refractivity contribution is 7.89. The Morgan fingerprint density at radius 2 is 1.62 bits per heavy atom. The molecule has 0 bridgehead atoms. The number of rotatable bonds is 6. The number of hydrogen-bond donors (Lipinski definition) is 1. The first-order chi connectivity index (χ1) is 13.8. The number of methoxy groups -OCH3 is 1. The summed E-state index contributed by atoms with van der Waals surface area (Å²) in [7, 11) is -2.06. The summed E-state index contributed by atoms with van der Waals surface area (Å²) >= 11 is 0. The third-order valence-electron chi connectivity index (χ3n) is 5.30. The van der Waals surface area contributed by atoms with Crippen molar-refractivity contribution in [1.29, 1.82) is 0 Å². The van der Waals surface area contributed by atoms with Crippen LogP contribution in [0.25, 0.3) is 0 Å². The van der Waals surface area contributed by atoms with E-state index in [1.807, 2.05) is 24.3 Å². The Kier molecular flexibility index (Phi) is 6.59. The molecule has 156 valence electrons. The van der Waals surface area contributed by atoms with Crippen LogP contribution in [-0.4, -0.2) is 45.5 Å². The Hall–Kier alpha value is -2.38. The second-order valence-corrected chi connectivity index (χ2v) is 9.35. The predicted octanol–water partition coefficient (Wildman–Crippen LogP) is 3.40. The van der Waals surface area contributed by atoms with Crippen LogP contribution in [0.1, 0.15) is 48.5 Å². The number of carbonyl (C=O) groups is 1. The highest BCUT2D eigenvalue weighted by atomic mass is 32.2. The predicted molar refractivity (Wildman–Crippen MR) is 113 cm³/mol. The molecule has 0 aliphatic carbocycles. The Labute approximate surface area is 172 Å². The van der Waals surface area contributed by atoms with Gasteiger partial charge in [0.15, 0.2) is 0 Å². The summed E-state index contributed by atoms with van der Waals surface area (Å²) in [6.45, 7) is 5.30. The van der Waals surface area contributed by atoms with E-state index < -0.39 is 10.0 Å². The second-order valence-electron chi connectivity index (χ2n) is 7.64. The van der Waals surface area contributed by atoms with E-state index in [0.717, 1.165) is 0 Å². The zero-order valence-electron chi connectivity index (χ0n) is 17.1. The second kappa shape index (κ2) is 8.97. The first kappa shape index (κ1) is 21.3. The molecule has 1 heterocycles. The molecule has 1 aliphatic heterocycles. The maximum atomic E-state index is 12.7. The average molecular weight is 417 g/mol. The van der Waals surface area contributed by atoms with Crippen LogP contribution in [0.3, 0.4) is 0 Å². The normalized spacial score (nSPS) is 15.5. The third kappa shape index (κ3) is 5.16. The molecule has 0 spiro atoms. The summed E-state index contributed by atoms with van der Waals surface area (Å²) in [5.41, 5.74) is 1.87. The van der Waals surface area contributed by atoms with E-state index in [-0.39, 0.29) is 16.8 Å². The van der Waals surface area contributed by atoms with Crippen molar-refractivity contribution in [3.8, 4) is 5.75 Å². The largest absolute Gasteiger partial charge is 0.497 e. The molecule has 0 radical (unpaired) electrons. The maximum Gasteiger partial charge on any atom is 0.253 e. The lowest BCUT2D eigenvalue weighted by molar-refractivity contribution is 0.0711. The van der Waals surface area contributed by atoms with Crippen molar-refractivity contribution in [1.82, 2.24) is 9.62 Å². The highest BCUT2D eigenvalue weighted by Gasteiger charge is 2.27. The van der Waals surface area contributed by atoms with E-state index in [1.54, 1.807) is 17.0 Å². The topological polar surface area (TPSA) is 75.7 Å². The van der Waals surface area contributed by atoms with Gasteiger partial charge in [-0.05, 0) is 60.7 Å². The number of likely N-dealkylation sites (tertiary alicyclic amines) is 1. The molecule has 7 heteroatoms. The van der Waals surface area contributed by atoms with Gasteiger partial charge in [-0.15, -0.1) is 0 Å². The number of piperidine rings is 1. The fourth-order valence-corrected chi connectivity index (χ4v) is 4.74. The number of ether oxygens (including phenoxy) is 1. The molecule has 3 rings (SSSR count). The fourth-order valence-electron chi connectivity index (χ4n) is 3.44. The van der Waals surface area contributed by atoms with Crippen LogP contribution in [0.2, 0.25) is 0 Å². The lowest BCUT2D eigenvalue weighted by Crippen LogP contribution is -2.46.